The topological polar surface area (TPSA) is 225 Å². The van der Waals surface area contributed by atoms with Crippen molar-refractivity contribution < 1.29 is 28.6 Å². The maximum atomic E-state index is 12.4. The molecule has 0 aliphatic rings. The number of benzene rings is 3. The maximum absolute atomic E-state index is 12.4. The molecule has 0 aliphatic heterocycles. The van der Waals surface area contributed by atoms with Crippen LogP contribution in [-0.2, 0) is 19.8 Å². The van der Waals surface area contributed by atoms with E-state index in [1.54, 1.807) is 36.4 Å². The molecule has 3 aromatic carbocycles. The molecule has 15 nitrogen and oxygen atoms in total. The molecule has 0 spiro atoms. The zero-order valence-corrected chi connectivity index (χ0v) is 27.9. The predicted octanol–water partition coefficient (Wildman–Crippen LogP) is 9.20. The van der Waals surface area contributed by atoms with E-state index in [-0.39, 0.29) is 37.2 Å². The average Bonchev–Trinajstić information content (AvgIpc) is 3.12. The molecule has 15 heteroatoms. The molecule has 0 unspecified atom stereocenters. The largest absolute Gasteiger partial charge is 0.427 e. The number of hydrogen-bond donors (Lipinski definition) is 0. The summed E-state index contributed by atoms with van der Waals surface area (Å²) < 4.78 is 16.6. The summed E-state index contributed by atoms with van der Waals surface area (Å²) in [7, 11) is 0. The molecule has 0 aromatic heterocycles. The fourth-order valence-electron chi connectivity index (χ4n) is 5.11. The van der Waals surface area contributed by atoms with Gasteiger partial charge >= 0.3 is 17.9 Å². The van der Waals surface area contributed by atoms with Crippen LogP contribution in [0.3, 0.4) is 0 Å². The standard InChI is InChI=1S/C35H39N9O6/c1-35(26-11-17-29(18-12-26)48-32(45)8-2-5-23-39-42-36,27-13-19-30(20-14-27)49-33(46)9-3-6-24-40-43-37)28-15-21-31(22-16-28)50-34(47)10-4-7-25-41-44-38/h11-22H,2-10,23-25H2,1H3. The number of rotatable bonds is 21. The summed E-state index contributed by atoms with van der Waals surface area (Å²) in [4.78, 5) is 45.2. The Hall–Kier alpha value is -6.00. The van der Waals surface area contributed by atoms with E-state index in [9.17, 15) is 14.4 Å². The Morgan fingerprint density at radius 1 is 0.500 bits per heavy atom. The van der Waals surface area contributed by atoms with E-state index in [4.69, 9.17) is 30.8 Å². The summed E-state index contributed by atoms with van der Waals surface area (Å²) in [5, 5.41) is 10.4. The second-order valence-electron chi connectivity index (χ2n) is 11.4. The summed E-state index contributed by atoms with van der Waals surface area (Å²) in [6.45, 7) is 3.01. The SMILES string of the molecule is CC(c1ccc(OC(=O)CCCCN=[N+]=[N-])cc1)(c1ccc(OC(=O)CCCCN=[N+]=[N-])cc1)c1ccc(OC(=O)CCCCN=[N+]=[N-])cc1. The third-order valence-corrected chi connectivity index (χ3v) is 7.85. The van der Waals surface area contributed by atoms with E-state index in [1.807, 2.05) is 43.3 Å². The number of esters is 3. The first-order valence-corrected chi connectivity index (χ1v) is 16.3. The van der Waals surface area contributed by atoms with Gasteiger partial charge in [0.05, 0.1) is 0 Å². The minimum atomic E-state index is -0.739. The number of unbranched alkanes of at least 4 members (excludes halogenated alkanes) is 3. The molecule has 0 saturated carbocycles. The van der Waals surface area contributed by atoms with Crippen LogP contribution in [0.15, 0.2) is 88.1 Å². The third-order valence-electron chi connectivity index (χ3n) is 7.85. The highest BCUT2D eigenvalue weighted by Gasteiger charge is 2.31. The Balaban J connectivity index is 1.80. The summed E-state index contributed by atoms with van der Waals surface area (Å²) in [6, 6.07) is 21.6. The number of hydrogen-bond acceptors (Lipinski definition) is 9. The Bertz CT molecular complexity index is 1510. The summed E-state index contributed by atoms with van der Waals surface area (Å²) in [5.41, 5.74) is 27.0. The van der Waals surface area contributed by atoms with Gasteiger partial charge in [0.2, 0.25) is 0 Å². The smallest absolute Gasteiger partial charge is 0.311 e. The number of ether oxygens (including phenoxy) is 3. The molecule has 0 radical (unpaired) electrons. The quantitative estimate of drug-likeness (QED) is 0.0202. The fraction of sp³-hybridized carbons (Fsp3) is 0.400. The van der Waals surface area contributed by atoms with Crippen LogP contribution in [0.25, 0.3) is 31.3 Å². The van der Waals surface area contributed by atoms with Gasteiger partial charge in [0.1, 0.15) is 17.2 Å². The number of carbonyl (C=O) groups is 3. The van der Waals surface area contributed by atoms with E-state index in [1.165, 1.54) is 0 Å². The van der Waals surface area contributed by atoms with Crippen molar-refractivity contribution >= 4 is 17.9 Å². The Morgan fingerprint density at radius 3 is 1.00 bits per heavy atom. The molecular weight excluding hydrogens is 642 g/mol. The Kier molecular flexibility index (Phi) is 16.2. The molecule has 0 heterocycles. The first-order chi connectivity index (χ1) is 24.3. The lowest BCUT2D eigenvalue weighted by Crippen LogP contribution is -2.25. The van der Waals surface area contributed by atoms with Crippen molar-refractivity contribution in [3.05, 3.63) is 121 Å². The van der Waals surface area contributed by atoms with Crippen molar-refractivity contribution in [2.24, 2.45) is 15.3 Å². The van der Waals surface area contributed by atoms with Crippen LogP contribution in [0.5, 0.6) is 17.2 Å². The predicted molar refractivity (Wildman–Crippen MR) is 185 cm³/mol. The monoisotopic (exact) mass is 681 g/mol. The molecular formula is C35H39N9O6. The molecule has 3 rings (SSSR count). The number of azide groups is 3. The van der Waals surface area contributed by atoms with E-state index < -0.39 is 5.41 Å². The molecule has 50 heavy (non-hydrogen) atoms. The highest BCUT2D eigenvalue weighted by atomic mass is 16.5. The molecule has 0 saturated heterocycles. The van der Waals surface area contributed by atoms with Crippen LogP contribution in [-0.4, -0.2) is 37.5 Å². The highest BCUT2D eigenvalue weighted by molar-refractivity contribution is 5.73. The lowest BCUT2D eigenvalue weighted by Gasteiger charge is -2.32. The molecule has 0 N–H and O–H groups in total. The van der Waals surface area contributed by atoms with Crippen molar-refractivity contribution in [3.8, 4) is 17.2 Å². The fourth-order valence-corrected chi connectivity index (χ4v) is 5.11. The second kappa shape index (κ2) is 21.1. The maximum Gasteiger partial charge on any atom is 0.311 e. The van der Waals surface area contributed by atoms with Crippen LogP contribution < -0.4 is 14.2 Å². The van der Waals surface area contributed by atoms with Gasteiger partial charge in [0, 0.05) is 59.0 Å². The van der Waals surface area contributed by atoms with Crippen molar-refractivity contribution in [1.29, 1.82) is 0 Å². The van der Waals surface area contributed by atoms with Gasteiger partial charge in [-0.2, -0.15) is 0 Å². The van der Waals surface area contributed by atoms with Gasteiger partial charge in [-0.15, -0.1) is 0 Å². The third kappa shape index (κ3) is 12.6. The van der Waals surface area contributed by atoms with Crippen LogP contribution >= 0.6 is 0 Å². The lowest BCUT2D eigenvalue weighted by molar-refractivity contribution is -0.135. The van der Waals surface area contributed by atoms with Gasteiger partial charge in [0.15, 0.2) is 0 Å². The second-order valence-corrected chi connectivity index (χ2v) is 11.4. The van der Waals surface area contributed by atoms with Crippen LogP contribution in [0, 0.1) is 0 Å². The molecule has 0 bridgehead atoms. The zero-order chi connectivity index (χ0) is 36.0. The molecule has 0 amide bonds. The van der Waals surface area contributed by atoms with Gasteiger partial charge in [-0.25, -0.2) is 0 Å². The average molecular weight is 682 g/mol. The number of nitrogens with zero attached hydrogens (tertiary/aromatic N) is 9. The van der Waals surface area contributed by atoms with E-state index in [0.717, 1.165) is 16.7 Å². The zero-order valence-electron chi connectivity index (χ0n) is 27.9. The van der Waals surface area contributed by atoms with Crippen molar-refractivity contribution in [2.75, 3.05) is 19.6 Å². The van der Waals surface area contributed by atoms with E-state index >= 15 is 0 Å². The van der Waals surface area contributed by atoms with Crippen molar-refractivity contribution in [2.45, 2.75) is 70.1 Å². The van der Waals surface area contributed by atoms with Crippen LogP contribution in [0.4, 0.5) is 0 Å². The molecule has 0 atom stereocenters. The van der Waals surface area contributed by atoms with Crippen LogP contribution in [0.1, 0.15) is 81.4 Å². The van der Waals surface area contributed by atoms with E-state index in [2.05, 4.69) is 30.1 Å². The van der Waals surface area contributed by atoms with Gasteiger partial charge in [-0.1, -0.05) is 51.7 Å². The Morgan fingerprint density at radius 2 is 0.760 bits per heavy atom. The normalized spacial score (nSPS) is 11.5. The van der Waals surface area contributed by atoms with Gasteiger partial charge in [-0.05, 0) is 115 Å². The van der Waals surface area contributed by atoms with Gasteiger partial charge < -0.3 is 14.2 Å². The minimum Gasteiger partial charge on any atom is -0.427 e. The van der Waals surface area contributed by atoms with Crippen LogP contribution in [0.2, 0.25) is 0 Å². The summed E-state index contributed by atoms with van der Waals surface area (Å²) in [6.07, 6.45) is 3.97. The first kappa shape index (κ1) is 38.4. The van der Waals surface area contributed by atoms with Crippen molar-refractivity contribution in [1.82, 2.24) is 0 Å². The molecule has 260 valence electrons. The van der Waals surface area contributed by atoms with Gasteiger partial charge in [-0.3, -0.25) is 14.4 Å². The first-order valence-electron chi connectivity index (χ1n) is 16.3. The minimum absolute atomic E-state index is 0.194. The summed E-state index contributed by atoms with van der Waals surface area (Å²) >= 11 is 0. The Labute approximate surface area is 289 Å². The number of carbonyl (C=O) groups excluding carboxylic acids is 3. The highest BCUT2D eigenvalue weighted by Crippen LogP contribution is 2.40. The van der Waals surface area contributed by atoms with Gasteiger partial charge in [0.25, 0.3) is 0 Å². The summed E-state index contributed by atoms with van der Waals surface area (Å²) in [5.74, 6) is 0.00718. The molecule has 0 aliphatic carbocycles. The molecule has 0 fully saturated rings. The van der Waals surface area contributed by atoms with E-state index in [0.29, 0.717) is 75.4 Å². The lowest BCUT2D eigenvalue weighted by atomic mass is 9.71. The van der Waals surface area contributed by atoms with Crippen molar-refractivity contribution in [3.63, 3.8) is 0 Å². The molecule has 3 aromatic rings.